The molecule has 0 fully saturated rings. The predicted molar refractivity (Wildman–Crippen MR) is 72.8 cm³/mol. The van der Waals surface area contributed by atoms with Crippen LogP contribution in [0.5, 0.6) is 0 Å². The number of nitrogens with one attached hydrogen (secondary N) is 1. The number of halogens is 1. The number of rotatable bonds is 2. The van der Waals surface area contributed by atoms with Gasteiger partial charge < -0.3 is 5.32 Å². The van der Waals surface area contributed by atoms with Gasteiger partial charge in [-0.2, -0.15) is 0 Å². The molecule has 0 aromatic carbocycles. The fourth-order valence-corrected chi connectivity index (χ4v) is 2.61. The molecule has 3 nitrogen and oxygen atoms in total. The normalized spacial score (nSPS) is 18.2. The molecular formula is C14H14ClN3. The summed E-state index contributed by atoms with van der Waals surface area (Å²) < 4.78 is 0. The van der Waals surface area contributed by atoms with Gasteiger partial charge in [0.1, 0.15) is 0 Å². The summed E-state index contributed by atoms with van der Waals surface area (Å²) in [7, 11) is 0. The van der Waals surface area contributed by atoms with Crippen molar-refractivity contribution in [3.63, 3.8) is 0 Å². The van der Waals surface area contributed by atoms with Crippen LogP contribution in [0.1, 0.15) is 30.1 Å². The molecule has 92 valence electrons. The third kappa shape index (κ3) is 2.18. The third-order valence-corrected chi connectivity index (χ3v) is 3.59. The molecule has 0 radical (unpaired) electrons. The highest BCUT2D eigenvalue weighted by Gasteiger charge is 2.21. The maximum absolute atomic E-state index is 6.08. The Bertz CT molecular complexity index is 556. The molecule has 1 unspecified atom stereocenters. The molecule has 4 heteroatoms. The van der Waals surface area contributed by atoms with Gasteiger partial charge in [-0.3, -0.25) is 4.98 Å². The summed E-state index contributed by atoms with van der Waals surface area (Å²) in [5.41, 5.74) is 3.35. The molecule has 2 aromatic heterocycles. The number of aromatic nitrogens is 2. The zero-order chi connectivity index (χ0) is 12.4. The number of nitrogens with zero attached hydrogens (tertiary/aromatic N) is 2. The van der Waals surface area contributed by atoms with Gasteiger partial charge in [-0.05, 0) is 43.0 Å². The van der Waals surface area contributed by atoms with Crippen molar-refractivity contribution in [2.45, 2.75) is 25.3 Å². The lowest BCUT2D eigenvalue weighted by Gasteiger charge is -2.26. The van der Waals surface area contributed by atoms with E-state index in [1.807, 2.05) is 24.4 Å². The largest absolute Gasteiger partial charge is 0.374 e. The quantitative estimate of drug-likeness (QED) is 0.837. The van der Waals surface area contributed by atoms with E-state index in [-0.39, 0.29) is 6.04 Å². The lowest BCUT2D eigenvalue weighted by molar-refractivity contribution is 0.583. The number of hydrogen-bond donors (Lipinski definition) is 1. The molecule has 0 aliphatic heterocycles. The Balaban J connectivity index is 1.89. The van der Waals surface area contributed by atoms with Crippen LogP contribution in [-0.2, 0) is 6.42 Å². The van der Waals surface area contributed by atoms with Crippen LogP contribution < -0.4 is 5.32 Å². The molecule has 1 N–H and O–H groups in total. The topological polar surface area (TPSA) is 37.8 Å². The van der Waals surface area contributed by atoms with Crippen LogP contribution in [0.15, 0.2) is 36.7 Å². The Kier molecular flexibility index (Phi) is 3.15. The van der Waals surface area contributed by atoms with Crippen molar-refractivity contribution >= 4 is 17.3 Å². The number of aryl methyl sites for hydroxylation is 1. The summed E-state index contributed by atoms with van der Waals surface area (Å²) in [4.78, 5) is 8.58. The summed E-state index contributed by atoms with van der Waals surface area (Å²) in [5, 5.41) is 3.96. The van der Waals surface area contributed by atoms with Crippen LogP contribution in [0.3, 0.4) is 0 Å². The average Bonchev–Trinajstić information content (AvgIpc) is 2.42. The van der Waals surface area contributed by atoms with Crippen molar-refractivity contribution in [1.82, 2.24) is 9.97 Å². The van der Waals surface area contributed by atoms with Crippen LogP contribution in [0.4, 0.5) is 5.69 Å². The van der Waals surface area contributed by atoms with Crippen LogP contribution >= 0.6 is 11.6 Å². The molecule has 1 aliphatic carbocycles. The summed E-state index contributed by atoms with van der Waals surface area (Å²) in [6.45, 7) is 0. The first-order chi connectivity index (χ1) is 8.84. The van der Waals surface area contributed by atoms with E-state index in [1.165, 1.54) is 12.0 Å². The fraction of sp³-hybridized carbons (Fsp3) is 0.286. The van der Waals surface area contributed by atoms with Crippen molar-refractivity contribution in [1.29, 1.82) is 0 Å². The van der Waals surface area contributed by atoms with Gasteiger partial charge in [-0.15, -0.1) is 0 Å². The maximum atomic E-state index is 6.08. The lowest BCUT2D eigenvalue weighted by Crippen LogP contribution is -2.19. The lowest BCUT2D eigenvalue weighted by atomic mass is 9.92. The van der Waals surface area contributed by atoms with Gasteiger partial charge in [0.25, 0.3) is 0 Å². The Hall–Kier alpha value is -1.61. The maximum Gasteiger partial charge on any atom is 0.152 e. The van der Waals surface area contributed by atoms with Gasteiger partial charge in [0.15, 0.2) is 5.15 Å². The van der Waals surface area contributed by atoms with E-state index >= 15 is 0 Å². The average molecular weight is 260 g/mol. The van der Waals surface area contributed by atoms with Gasteiger partial charge in [0, 0.05) is 12.4 Å². The Labute approximate surface area is 111 Å². The van der Waals surface area contributed by atoms with Gasteiger partial charge in [-0.25, -0.2) is 4.98 Å². The minimum atomic E-state index is 0.233. The molecule has 1 aliphatic rings. The summed E-state index contributed by atoms with van der Waals surface area (Å²) in [6.07, 6.45) is 6.91. The van der Waals surface area contributed by atoms with Gasteiger partial charge >= 0.3 is 0 Å². The van der Waals surface area contributed by atoms with Crippen molar-refractivity contribution < 1.29 is 0 Å². The molecular weight excluding hydrogens is 246 g/mol. The Morgan fingerprint density at radius 2 is 2.00 bits per heavy atom. The molecule has 0 saturated heterocycles. The van der Waals surface area contributed by atoms with E-state index < -0.39 is 0 Å². The second-order valence-corrected chi connectivity index (χ2v) is 4.84. The predicted octanol–water partition coefficient (Wildman–Crippen LogP) is 3.62. The number of anilines is 1. The van der Waals surface area contributed by atoms with E-state index in [0.29, 0.717) is 5.15 Å². The van der Waals surface area contributed by atoms with Crippen molar-refractivity contribution in [3.8, 4) is 0 Å². The Morgan fingerprint density at radius 3 is 2.89 bits per heavy atom. The highest BCUT2D eigenvalue weighted by molar-refractivity contribution is 6.31. The van der Waals surface area contributed by atoms with Gasteiger partial charge in [-0.1, -0.05) is 17.7 Å². The van der Waals surface area contributed by atoms with Crippen molar-refractivity contribution in [2.75, 3.05) is 5.32 Å². The van der Waals surface area contributed by atoms with Crippen LogP contribution in [-0.4, -0.2) is 9.97 Å². The highest BCUT2D eigenvalue weighted by atomic mass is 35.5. The summed E-state index contributed by atoms with van der Waals surface area (Å²) in [6, 6.07) is 8.22. The molecule has 1 atom stereocenters. The van der Waals surface area contributed by atoms with E-state index in [0.717, 1.165) is 24.2 Å². The molecule has 0 spiro atoms. The standard InChI is InChI=1S/C14H14ClN3/c15-14-12(7-3-9-17-14)18-11-6-1-4-10-5-2-8-16-13(10)11/h2-3,5,7-9,11,18H,1,4,6H2. The second-order valence-electron chi connectivity index (χ2n) is 4.48. The molecule has 3 rings (SSSR count). The van der Waals surface area contributed by atoms with Crippen molar-refractivity contribution in [3.05, 3.63) is 53.1 Å². The summed E-state index contributed by atoms with van der Waals surface area (Å²) in [5.74, 6) is 0. The molecule has 18 heavy (non-hydrogen) atoms. The fourth-order valence-electron chi connectivity index (χ4n) is 2.43. The third-order valence-electron chi connectivity index (χ3n) is 3.28. The number of pyridine rings is 2. The van der Waals surface area contributed by atoms with Gasteiger partial charge in [0.05, 0.1) is 17.4 Å². The molecule has 0 saturated carbocycles. The first-order valence-electron chi connectivity index (χ1n) is 6.15. The first kappa shape index (κ1) is 11.5. The minimum absolute atomic E-state index is 0.233. The monoisotopic (exact) mass is 259 g/mol. The smallest absolute Gasteiger partial charge is 0.152 e. The van der Waals surface area contributed by atoms with Gasteiger partial charge in [0.2, 0.25) is 0 Å². The summed E-state index contributed by atoms with van der Waals surface area (Å²) >= 11 is 6.08. The molecule has 0 bridgehead atoms. The van der Waals surface area contributed by atoms with Crippen LogP contribution in [0.25, 0.3) is 0 Å². The van der Waals surface area contributed by atoms with Crippen LogP contribution in [0, 0.1) is 0 Å². The van der Waals surface area contributed by atoms with E-state index in [1.54, 1.807) is 6.20 Å². The SMILES string of the molecule is Clc1ncccc1NC1CCCc2cccnc21. The minimum Gasteiger partial charge on any atom is -0.374 e. The molecule has 0 amide bonds. The van der Waals surface area contributed by atoms with E-state index in [4.69, 9.17) is 11.6 Å². The number of hydrogen-bond acceptors (Lipinski definition) is 3. The first-order valence-corrected chi connectivity index (χ1v) is 6.53. The van der Waals surface area contributed by atoms with E-state index in [9.17, 15) is 0 Å². The Morgan fingerprint density at radius 1 is 1.17 bits per heavy atom. The van der Waals surface area contributed by atoms with Crippen LogP contribution in [0.2, 0.25) is 5.15 Å². The number of fused-ring (bicyclic) bond motifs is 1. The highest BCUT2D eigenvalue weighted by Crippen LogP contribution is 2.32. The van der Waals surface area contributed by atoms with Crippen molar-refractivity contribution in [2.24, 2.45) is 0 Å². The van der Waals surface area contributed by atoms with E-state index in [2.05, 4.69) is 21.4 Å². The zero-order valence-electron chi connectivity index (χ0n) is 9.94. The molecule has 2 aromatic rings. The molecule has 2 heterocycles. The second kappa shape index (κ2) is 4.94. The zero-order valence-corrected chi connectivity index (χ0v) is 10.7.